The van der Waals surface area contributed by atoms with Gasteiger partial charge in [-0.2, -0.15) is 0 Å². The molecule has 3 nitrogen and oxygen atoms in total. The molecule has 2 aromatic rings. The average Bonchev–Trinajstić information content (AvgIpc) is 2.84. The van der Waals surface area contributed by atoms with Crippen LogP contribution in [-0.2, 0) is 7.05 Å². The third kappa shape index (κ3) is 2.97. The van der Waals surface area contributed by atoms with Crippen molar-refractivity contribution in [1.82, 2.24) is 4.57 Å². The van der Waals surface area contributed by atoms with Gasteiger partial charge in [-0.05, 0) is 25.0 Å². The van der Waals surface area contributed by atoms with E-state index in [0.29, 0.717) is 0 Å². The van der Waals surface area contributed by atoms with E-state index in [4.69, 9.17) is 4.74 Å². The molecule has 3 heteroatoms. The SMILES string of the molecule is CCCC(CCC)C(=O)c1cn(C)c2cccc(OC)c12. The van der Waals surface area contributed by atoms with Crippen molar-refractivity contribution in [3.63, 3.8) is 0 Å². The Morgan fingerprint density at radius 2 is 1.90 bits per heavy atom. The Morgan fingerprint density at radius 1 is 1.24 bits per heavy atom. The quantitative estimate of drug-likeness (QED) is 0.698. The van der Waals surface area contributed by atoms with Crippen LogP contribution in [0.1, 0.15) is 49.9 Å². The molecule has 0 saturated carbocycles. The maximum atomic E-state index is 13.0. The molecule has 0 spiro atoms. The van der Waals surface area contributed by atoms with Crippen LogP contribution >= 0.6 is 0 Å². The van der Waals surface area contributed by atoms with E-state index in [1.54, 1.807) is 7.11 Å². The molecule has 0 N–H and O–H groups in total. The van der Waals surface area contributed by atoms with E-state index < -0.39 is 0 Å². The number of Topliss-reactive ketones (excluding diaryl/α,β-unsaturated/α-hetero) is 1. The number of hydrogen-bond donors (Lipinski definition) is 0. The zero-order valence-electron chi connectivity index (χ0n) is 13.5. The summed E-state index contributed by atoms with van der Waals surface area (Å²) in [4.78, 5) is 13.0. The lowest BCUT2D eigenvalue weighted by atomic mass is 9.89. The molecule has 114 valence electrons. The largest absolute Gasteiger partial charge is 0.496 e. The second-order valence-corrected chi connectivity index (χ2v) is 5.65. The number of carbonyl (C=O) groups is 1. The first-order valence-electron chi connectivity index (χ1n) is 7.80. The second-order valence-electron chi connectivity index (χ2n) is 5.65. The van der Waals surface area contributed by atoms with Crippen LogP contribution in [0.4, 0.5) is 0 Å². The summed E-state index contributed by atoms with van der Waals surface area (Å²) < 4.78 is 7.48. The number of benzene rings is 1. The Kier molecular flexibility index (Phi) is 5.05. The number of aryl methyl sites for hydroxylation is 1. The molecule has 0 amide bonds. The van der Waals surface area contributed by atoms with Gasteiger partial charge in [0.25, 0.3) is 0 Å². The van der Waals surface area contributed by atoms with Gasteiger partial charge in [0, 0.05) is 24.7 Å². The molecular weight excluding hydrogens is 262 g/mol. The van der Waals surface area contributed by atoms with E-state index >= 15 is 0 Å². The van der Waals surface area contributed by atoms with E-state index in [0.717, 1.165) is 47.9 Å². The Balaban J connectivity index is 2.52. The van der Waals surface area contributed by atoms with Crippen LogP contribution in [0.3, 0.4) is 0 Å². The molecule has 1 aromatic heterocycles. The maximum absolute atomic E-state index is 13.0. The van der Waals surface area contributed by atoms with Crippen molar-refractivity contribution in [1.29, 1.82) is 0 Å². The summed E-state index contributed by atoms with van der Waals surface area (Å²) in [6, 6.07) is 5.92. The highest BCUT2D eigenvalue weighted by Gasteiger charge is 2.23. The van der Waals surface area contributed by atoms with Gasteiger partial charge in [-0.25, -0.2) is 0 Å². The van der Waals surface area contributed by atoms with Crippen LogP contribution in [0, 0.1) is 5.92 Å². The summed E-state index contributed by atoms with van der Waals surface area (Å²) in [5.74, 6) is 1.16. The Labute approximate surface area is 126 Å². The molecule has 0 radical (unpaired) electrons. The van der Waals surface area contributed by atoms with Gasteiger partial charge < -0.3 is 9.30 Å². The number of nitrogens with zero attached hydrogens (tertiary/aromatic N) is 1. The minimum absolute atomic E-state index is 0.121. The van der Waals surface area contributed by atoms with Crippen molar-refractivity contribution < 1.29 is 9.53 Å². The smallest absolute Gasteiger partial charge is 0.168 e. The number of rotatable bonds is 7. The van der Waals surface area contributed by atoms with Crippen molar-refractivity contribution in [3.05, 3.63) is 30.0 Å². The van der Waals surface area contributed by atoms with Crippen LogP contribution in [0.25, 0.3) is 10.9 Å². The van der Waals surface area contributed by atoms with E-state index in [-0.39, 0.29) is 11.7 Å². The van der Waals surface area contributed by atoms with Gasteiger partial charge in [-0.15, -0.1) is 0 Å². The molecular formula is C18H25NO2. The Bertz CT molecular complexity index is 621. The minimum Gasteiger partial charge on any atom is -0.496 e. The third-order valence-corrected chi connectivity index (χ3v) is 4.11. The second kappa shape index (κ2) is 6.79. The van der Waals surface area contributed by atoms with E-state index in [1.807, 2.05) is 36.0 Å². The molecule has 0 fully saturated rings. The van der Waals surface area contributed by atoms with Crippen LogP contribution in [0.2, 0.25) is 0 Å². The topological polar surface area (TPSA) is 31.2 Å². The maximum Gasteiger partial charge on any atom is 0.168 e. The summed E-state index contributed by atoms with van der Waals surface area (Å²) in [5, 5.41) is 0.949. The molecule has 0 saturated heterocycles. The Hall–Kier alpha value is -1.77. The molecule has 0 bridgehead atoms. The van der Waals surface area contributed by atoms with Crippen molar-refractivity contribution >= 4 is 16.7 Å². The van der Waals surface area contributed by atoms with Crippen molar-refractivity contribution in [2.24, 2.45) is 13.0 Å². The molecule has 21 heavy (non-hydrogen) atoms. The lowest BCUT2D eigenvalue weighted by Crippen LogP contribution is -2.14. The fourth-order valence-electron chi connectivity index (χ4n) is 3.09. The van der Waals surface area contributed by atoms with Crippen LogP contribution in [0.15, 0.2) is 24.4 Å². The van der Waals surface area contributed by atoms with Crippen molar-refractivity contribution in [2.75, 3.05) is 7.11 Å². The number of ketones is 1. The number of fused-ring (bicyclic) bond motifs is 1. The van der Waals surface area contributed by atoms with Gasteiger partial charge in [0.2, 0.25) is 0 Å². The van der Waals surface area contributed by atoms with E-state index in [1.165, 1.54) is 0 Å². The number of carbonyl (C=O) groups excluding carboxylic acids is 1. The molecule has 0 unspecified atom stereocenters. The van der Waals surface area contributed by atoms with Gasteiger partial charge in [0.05, 0.1) is 18.0 Å². The van der Waals surface area contributed by atoms with Crippen molar-refractivity contribution in [3.8, 4) is 5.75 Å². The normalized spacial score (nSPS) is 11.3. The monoisotopic (exact) mass is 287 g/mol. The van der Waals surface area contributed by atoms with E-state index in [9.17, 15) is 4.79 Å². The van der Waals surface area contributed by atoms with Crippen LogP contribution in [-0.4, -0.2) is 17.5 Å². The molecule has 0 aliphatic rings. The third-order valence-electron chi connectivity index (χ3n) is 4.11. The van der Waals surface area contributed by atoms with Crippen LogP contribution < -0.4 is 4.74 Å². The zero-order chi connectivity index (χ0) is 15.4. The number of hydrogen-bond acceptors (Lipinski definition) is 2. The standard InChI is InChI=1S/C18H25NO2/c1-5-8-13(9-6-2)18(20)14-12-19(3)15-10-7-11-16(21-4)17(14)15/h7,10-13H,5-6,8-9H2,1-4H3. The summed E-state index contributed by atoms with van der Waals surface area (Å²) >= 11 is 0. The summed E-state index contributed by atoms with van der Waals surface area (Å²) in [5.41, 5.74) is 1.85. The lowest BCUT2D eigenvalue weighted by molar-refractivity contribution is 0.0906. The fourth-order valence-corrected chi connectivity index (χ4v) is 3.09. The average molecular weight is 287 g/mol. The molecule has 0 aliphatic carbocycles. The molecule has 0 atom stereocenters. The predicted octanol–water partition coefficient (Wildman–Crippen LogP) is 4.59. The highest BCUT2D eigenvalue weighted by molar-refractivity contribution is 6.11. The summed E-state index contributed by atoms with van der Waals surface area (Å²) in [6.45, 7) is 4.28. The van der Waals surface area contributed by atoms with Crippen LogP contribution in [0.5, 0.6) is 5.75 Å². The number of ether oxygens (including phenoxy) is 1. The predicted molar refractivity (Wildman–Crippen MR) is 87.1 cm³/mol. The first-order chi connectivity index (χ1) is 10.1. The summed E-state index contributed by atoms with van der Waals surface area (Å²) in [6.07, 6.45) is 5.95. The van der Waals surface area contributed by atoms with Crippen molar-refractivity contribution in [2.45, 2.75) is 39.5 Å². The van der Waals surface area contributed by atoms with Gasteiger partial charge in [-0.3, -0.25) is 4.79 Å². The number of methoxy groups -OCH3 is 1. The molecule has 1 heterocycles. The highest BCUT2D eigenvalue weighted by atomic mass is 16.5. The van der Waals surface area contributed by atoms with Gasteiger partial charge in [-0.1, -0.05) is 32.8 Å². The first kappa shape index (κ1) is 15.6. The summed E-state index contributed by atoms with van der Waals surface area (Å²) in [7, 11) is 3.64. The molecule has 2 rings (SSSR count). The highest BCUT2D eigenvalue weighted by Crippen LogP contribution is 2.33. The van der Waals surface area contributed by atoms with Gasteiger partial charge in [0.1, 0.15) is 5.75 Å². The van der Waals surface area contributed by atoms with E-state index in [2.05, 4.69) is 13.8 Å². The minimum atomic E-state index is 0.121. The van der Waals surface area contributed by atoms with Gasteiger partial charge >= 0.3 is 0 Å². The first-order valence-corrected chi connectivity index (χ1v) is 7.80. The fraction of sp³-hybridized carbons (Fsp3) is 0.500. The zero-order valence-corrected chi connectivity index (χ0v) is 13.5. The molecule has 0 aliphatic heterocycles. The Morgan fingerprint density at radius 3 is 2.48 bits per heavy atom. The lowest BCUT2D eigenvalue weighted by Gasteiger charge is -2.14. The number of aromatic nitrogens is 1. The molecule has 1 aromatic carbocycles. The van der Waals surface area contributed by atoms with Gasteiger partial charge in [0.15, 0.2) is 5.78 Å².